The fourth-order valence-corrected chi connectivity index (χ4v) is 3.91. The first-order valence-corrected chi connectivity index (χ1v) is 10.1. The lowest BCUT2D eigenvalue weighted by Crippen LogP contribution is -2.54. The molecule has 0 saturated carbocycles. The average Bonchev–Trinajstić information content (AvgIpc) is 3.37. The molecule has 3 aromatic rings. The predicted molar refractivity (Wildman–Crippen MR) is 106 cm³/mol. The van der Waals surface area contributed by atoms with Gasteiger partial charge in [-0.3, -0.25) is 9.80 Å². The SMILES string of the molecule is CC(C)[C@H]1CN(Cc2ccco2)CCN1Cc1nnnn1Cc1ccc(F)cc1. The lowest BCUT2D eigenvalue weighted by Gasteiger charge is -2.43. The molecule has 1 fully saturated rings. The maximum atomic E-state index is 13.2. The second-order valence-electron chi connectivity index (χ2n) is 7.98. The molecule has 0 N–H and O–H groups in total. The Kier molecular flexibility index (Phi) is 6.01. The summed E-state index contributed by atoms with van der Waals surface area (Å²) in [4.78, 5) is 4.91. The minimum atomic E-state index is -0.238. The van der Waals surface area contributed by atoms with Gasteiger partial charge in [-0.05, 0) is 46.2 Å². The Labute approximate surface area is 170 Å². The van der Waals surface area contributed by atoms with Crippen molar-refractivity contribution in [1.29, 1.82) is 0 Å². The van der Waals surface area contributed by atoms with Crippen molar-refractivity contribution in [3.8, 4) is 0 Å². The number of tetrazole rings is 1. The van der Waals surface area contributed by atoms with Crippen LogP contribution in [0.25, 0.3) is 0 Å². The summed E-state index contributed by atoms with van der Waals surface area (Å²) < 4.78 is 20.5. The lowest BCUT2D eigenvalue weighted by atomic mass is 9.99. The van der Waals surface area contributed by atoms with Crippen LogP contribution in [-0.2, 0) is 19.6 Å². The zero-order valence-corrected chi connectivity index (χ0v) is 16.9. The van der Waals surface area contributed by atoms with Crippen molar-refractivity contribution in [3.63, 3.8) is 0 Å². The summed E-state index contributed by atoms with van der Waals surface area (Å²) in [6.45, 7) is 9.50. The van der Waals surface area contributed by atoms with Gasteiger partial charge in [0.15, 0.2) is 5.82 Å². The molecule has 154 valence electrons. The molecule has 8 heteroatoms. The van der Waals surface area contributed by atoms with Crippen LogP contribution in [-0.4, -0.2) is 55.7 Å². The number of aromatic nitrogens is 4. The monoisotopic (exact) mass is 398 g/mol. The van der Waals surface area contributed by atoms with Gasteiger partial charge >= 0.3 is 0 Å². The second-order valence-corrected chi connectivity index (χ2v) is 7.98. The van der Waals surface area contributed by atoms with E-state index in [1.165, 1.54) is 12.1 Å². The minimum Gasteiger partial charge on any atom is -0.468 e. The molecular weight excluding hydrogens is 371 g/mol. The molecule has 2 aromatic heterocycles. The number of furan rings is 1. The highest BCUT2D eigenvalue weighted by Crippen LogP contribution is 2.21. The Hall–Kier alpha value is -2.58. The molecule has 1 aliphatic heterocycles. The molecule has 0 bridgehead atoms. The summed E-state index contributed by atoms with van der Waals surface area (Å²) in [5, 5.41) is 12.3. The average molecular weight is 398 g/mol. The number of rotatable bonds is 7. The van der Waals surface area contributed by atoms with Crippen LogP contribution in [0.15, 0.2) is 47.1 Å². The summed E-state index contributed by atoms with van der Waals surface area (Å²) in [5.41, 5.74) is 0.976. The first-order valence-electron chi connectivity index (χ1n) is 10.1. The van der Waals surface area contributed by atoms with E-state index < -0.39 is 0 Å². The minimum absolute atomic E-state index is 0.238. The van der Waals surface area contributed by atoms with Crippen molar-refractivity contribution in [2.45, 2.75) is 39.5 Å². The van der Waals surface area contributed by atoms with Crippen LogP contribution in [0.5, 0.6) is 0 Å². The second kappa shape index (κ2) is 8.84. The Morgan fingerprint density at radius 2 is 1.93 bits per heavy atom. The van der Waals surface area contributed by atoms with E-state index in [9.17, 15) is 4.39 Å². The van der Waals surface area contributed by atoms with E-state index in [4.69, 9.17) is 4.42 Å². The molecule has 0 radical (unpaired) electrons. The van der Waals surface area contributed by atoms with E-state index in [-0.39, 0.29) is 5.82 Å². The van der Waals surface area contributed by atoms with Gasteiger partial charge in [0.25, 0.3) is 0 Å². The first-order chi connectivity index (χ1) is 14.1. The fourth-order valence-electron chi connectivity index (χ4n) is 3.91. The Morgan fingerprint density at radius 1 is 1.10 bits per heavy atom. The van der Waals surface area contributed by atoms with Crippen molar-refractivity contribution in [3.05, 3.63) is 65.6 Å². The summed E-state index contributed by atoms with van der Waals surface area (Å²) in [6, 6.07) is 10.8. The molecular formula is C21H27FN6O. The van der Waals surface area contributed by atoms with Crippen molar-refractivity contribution in [1.82, 2.24) is 30.0 Å². The third-order valence-corrected chi connectivity index (χ3v) is 5.54. The van der Waals surface area contributed by atoms with Gasteiger partial charge in [0, 0.05) is 25.7 Å². The summed E-state index contributed by atoms with van der Waals surface area (Å²) in [5.74, 6) is 2.11. The maximum absolute atomic E-state index is 13.2. The van der Waals surface area contributed by atoms with Crippen molar-refractivity contribution < 1.29 is 8.81 Å². The predicted octanol–water partition coefficient (Wildman–Crippen LogP) is 2.80. The van der Waals surface area contributed by atoms with Crippen LogP contribution in [0.1, 0.15) is 31.0 Å². The molecule has 1 aliphatic rings. The smallest absolute Gasteiger partial charge is 0.165 e. The normalized spacial score (nSPS) is 18.6. The van der Waals surface area contributed by atoms with E-state index in [1.54, 1.807) is 23.1 Å². The number of hydrogen-bond donors (Lipinski definition) is 0. The number of benzene rings is 1. The molecule has 4 rings (SSSR count). The molecule has 1 saturated heterocycles. The quantitative estimate of drug-likeness (QED) is 0.610. The number of halogens is 1. The van der Waals surface area contributed by atoms with Crippen molar-refractivity contribution in [2.24, 2.45) is 5.92 Å². The van der Waals surface area contributed by atoms with Crippen LogP contribution in [0.4, 0.5) is 4.39 Å². The lowest BCUT2D eigenvalue weighted by molar-refractivity contribution is 0.0349. The number of hydrogen-bond acceptors (Lipinski definition) is 6. The molecule has 3 heterocycles. The standard InChI is InChI=1S/C21H27FN6O/c1-16(2)20-14-26(13-19-4-3-11-29-19)9-10-27(20)15-21-23-24-25-28(21)12-17-5-7-18(22)8-6-17/h3-8,11,16,20H,9-10,12-15H2,1-2H3/t20-/m1/s1. The maximum Gasteiger partial charge on any atom is 0.165 e. The molecule has 1 atom stereocenters. The molecule has 0 spiro atoms. The van der Waals surface area contributed by atoms with Gasteiger partial charge in [0.2, 0.25) is 0 Å². The molecule has 0 amide bonds. The summed E-state index contributed by atoms with van der Waals surface area (Å²) in [7, 11) is 0. The molecule has 0 aliphatic carbocycles. The Bertz CT molecular complexity index is 892. The van der Waals surface area contributed by atoms with Gasteiger partial charge in [0.05, 0.1) is 25.9 Å². The van der Waals surface area contributed by atoms with E-state index in [0.29, 0.717) is 25.0 Å². The van der Waals surface area contributed by atoms with Gasteiger partial charge in [-0.1, -0.05) is 26.0 Å². The van der Waals surface area contributed by atoms with Crippen molar-refractivity contribution in [2.75, 3.05) is 19.6 Å². The Balaban J connectivity index is 1.42. The van der Waals surface area contributed by atoms with Crippen molar-refractivity contribution >= 4 is 0 Å². The summed E-state index contributed by atoms with van der Waals surface area (Å²) in [6.07, 6.45) is 1.73. The zero-order chi connectivity index (χ0) is 20.2. The van der Waals surface area contributed by atoms with Gasteiger partial charge < -0.3 is 4.42 Å². The van der Waals surface area contributed by atoms with E-state index in [2.05, 4.69) is 39.2 Å². The van der Waals surface area contributed by atoms with E-state index in [0.717, 1.165) is 43.3 Å². The zero-order valence-electron chi connectivity index (χ0n) is 16.9. The van der Waals surface area contributed by atoms with E-state index >= 15 is 0 Å². The highest BCUT2D eigenvalue weighted by molar-refractivity contribution is 5.16. The summed E-state index contributed by atoms with van der Waals surface area (Å²) >= 11 is 0. The molecule has 7 nitrogen and oxygen atoms in total. The third kappa shape index (κ3) is 4.89. The van der Waals surface area contributed by atoms with Crippen LogP contribution in [0, 0.1) is 11.7 Å². The van der Waals surface area contributed by atoms with Crippen LogP contribution < -0.4 is 0 Å². The van der Waals surface area contributed by atoms with Gasteiger partial charge in [-0.2, -0.15) is 0 Å². The highest BCUT2D eigenvalue weighted by atomic mass is 19.1. The number of nitrogens with zero attached hydrogens (tertiary/aromatic N) is 6. The van der Waals surface area contributed by atoms with Gasteiger partial charge in [-0.25, -0.2) is 9.07 Å². The van der Waals surface area contributed by atoms with Crippen LogP contribution >= 0.6 is 0 Å². The molecule has 0 unspecified atom stereocenters. The largest absolute Gasteiger partial charge is 0.468 e. The third-order valence-electron chi connectivity index (χ3n) is 5.54. The van der Waals surface area contributed by atoms with Gasteiger partial charge in [-0.15, -0.1) is 5.10 Å². The first kappa shape index (κ1) is 19.7. The van der Waals surface area contributed by atoms with Gasteiger partial charge in [0.1, 0.15) is 11.6 Å². The fraction of sp³-hybridized carbons (Fsp3) is 0.476. The van der Waals surface area contributed by atoms with Crippen LogP contribution in [0.3, 0.4) is 0 Å². The van der Waals surface area contributed by atoms with Crippen LogP contribution in [0.2, 0.25) is 0 Å². The highest BCUT2D eigenvalue weighted by Gasteiger charge is 2.30. The van der Waals surface area contributed by atoms with E-state index in [1.807, 2.05) is 12.1 Å². The number of piperazine rings is 1. The molecule has 29 heavy (non-hydrogen) atoms. The molecule has 1 aromatic carbocycles. The topological polar surface area (TPSA) is 63.2 Å². The Morgan fingerprint density at radius 3 is 2.66 bits per heavy atom.